The molecule has 1 aliphatic rings. The van der Waals surface area contributed by atoms with Gasteiger partial charge in [-0.25, -0.2) is 14.4 Å². The highest BCUT2D eigenvalue weighted by Gasteiger charge is 2.26. The van der Waals surface area contributed by atoms with Crippen molar-refractivity contribution in [2.45, 2.75) is 38.8 Å². The van der Waals surface area contributed by atoms with Gasteiger partial charge in [0.05, 0.1) is 5.69 Å². The second-order valence-corrected chi connectivity index (χ2v) is 6.71. The first-order chi connectivity index (χ1) is 13.1. The van der Waals surface area contributed by atoms with Crippen molar-refractivity contribution in [2.24, 2.45) is 0 Å². The Morgan fingerprint density at radius 3 is 2.81 bits per heavy atom. The molecule has 1 atom stereocenters. The van der Waals surface area contributed by atoms with Gasteiger partial charge in [-0.2, -0.15) is 5.26 Å². The van der Waals surface area contributed by atoms with Crippen molar-refractivity contribution < 1.29 is 9.18 Å². The van der Waals surface area contributed by atoms with Gasteiger partial charge in [-0.15, -0.1) is 0 Å². The van der Waals surface area contributed by atoms with Crippen LogP contribution in [0.3, 0.4) is 0 Å². The van der Waals surface area contributed by atoms with Gasteiger partial charge >= 0.3 is 0 Å². The number of nitriles is 1. The third-order valence-corrected chi connectivity index (χ3v) is 4.95. The van der Waals surface area contributed by atoms with Crippen molar-refractivity contribution in [2.75, 3.05) is 18.0 Å². The highest BCUT2D eigenvalue weighted by atomic mass is 19.1. The zero-order chi connectivity index (χ0) is 19.2. The van der Waals surface area contributed by atoms with Crippen molar-refractivity contribution >= 4 is 11.6 Å². The number of halogens is 1. The molecule has 140 valence electrons. The van der Waals surface area contributed by atoms with Crippen LogP contribution in [-0.2, 0) is 11.3 Å². The van der Waals surface area contributed by atoms with E-state index in [4.69, 9.17) is 0 Å². The summed E-state index contributed by atoms with van der Waals surface area (Å²) in [6.45, 7) is 3.45. The van der Waals surface area contributed by atoms with E-state index in [0.717, 1.165) is 31.4 Å². The molecular formula is C20H22FN5O. The summed E-state index contributed by atoms with van der Waals surface area (Å²) < 4.78 is 13.9. The average molecular weight is 367 g/mol. The molecule has 1 amide bonds. The van der Waals surface area contributed by atoms with E-state index in [1.807, 2.05) is 15.9 Å². The molecule has 2 heterocycles. The maximum absolute atomic E-state index is 13.9. The van der Waals surface area contributed by atoms with E-state index in [-0.39, 0.29) is 17.5 Å². The Kier molecular flexibility index (Phi) is 5.97. The zero-order valence-corrected chi connectivity index (χ0v) is 15.3. The first-order valence-corrected chi connectivity index (χ1v) is 9.05. The third kappa shape index (κ3) is 4.40. The lowest BCUT2D eigenvalue weighted by Gasteiger charge is -2.30. The number of aromatic nitrogens is 2. The SMILES string of the molecule is CC(=O)N(Cc1cncnc1)[C@H]1CCCN(c2cccc(F)c2C#N)CC1. The number of carbonyl (C=O) groups excluding carboxylic acids is 1. The number of hydrogen-bond acceptors (Lipinski definition) is 5. The molecule has 0 saturated carbocycles. The van der Waals surface area contributed by atoms with Gasteiger partial charge in [-0.1, -0.05) is 6.07 Å². The quantitative estimate of drug-likeness (QED) is 0.831. The van der Waals surface area contributed by atoms with Crippen molar-refractivity contribution in [3.05, 3.63) is 53.9 Å². The van der Waals surface area contributed by atoms with E-state index in [0.29, 0.717) is 18.8 Å². The van der Waals surface area contributed by atoms with Gasteiger partial charge in [0.1, 0.15) is 23.8 Å². The Bertz CT molecular complexity index is 836. The summed E-state index contributed by atoms with van der Waals surface area (Å²) >= 11 is 0. The van der Waals surface area contributed by atoms with E-state index in [2.05, 4.69) is 9.97 Å². The molecule has 1 saturated heterocycles. The number of rotatable bonds is 4. The lowest BCUT2D eigenvalue weighted by atomic mass is 10.1. The maximum Gasteiger partial charge on any atom is 0.219 e. The summed E-state index contributed by atoms with van der Waals surface area (Å²) in [5.41, 5.74) is 1.61. The van der Waals surface area contributed by atoms with Crippen molar-refractivity contribution in [3.8, 4) is 6.07 Å². The van der Waals surface area contributed by atoms with E-state index in [9.17, 15) is 14.4 Å². The summed E-state index contributed by atoms with van der Waals surface area (Å²) in [5.74, 6) is -0.481. The van der Waals surface area contributed by atoms with Gasteiger partial charge in [-0.05, 0) is 31.4 Å². The van der Waals surface area contributed by atoms with Crippen LogP contribution in [-0.4, -0.2) is 39.9 Å². The van der Waals surface area contributed by atoms with E-state index >= 15 is 0 Å². The van der Waals surface area contributed by atoms with E-state index in [1.165, 1.54) is 12.4 Å². The van der Waals surface area contributed by atoms with Crippen LogP contribution in [0.25, 0.3) is 0 Å². The lowest BCUT2D eigenvalue weighted by molar-refractivity contribution is -0.132. The van der Waals surface area contributed by atoms with Crippen molar-refractivity contribution in [1.82, 2.24) is 14.9 Å². The van der Waals surface area contributed by atoms with Crippen LogP contribution in [0.5, 0.6) is 0 Å². The summed E-state index contributed by atoms with van der Waals surface area (Å²) in [7, 11) is 0. The number of nitrogens with zero attached hydrogens (tertiary/aromatic N) is 5. The Balaban J connectivity index is 1.74. The topological polar surface area (TPSA) is 73.1 Å². The monoisotopic (exact) mass is 367 g/mol. The minimum Gasteiger partial charge on any atom is -0.370 e. The highest BCUT2D eigenvalue weighted by molar-refractivity contribution is 5.73. The summed E-state index contributed by atoms with van der Waals surface area (Å²) in [4.78, 5) is 24.2. The Labute approximate surface area is 158 Å². The molecule has 1 aromatic heterocycles. The third-order valence-electron chi connectivity index (χ3n) is 4.95. The fourth-order valence-electron chi connectivity index (χ4n) is 3.62. The average Bonchev–Trinajstić information content (AvgIpc) is 2.92. The standard InChI is InChI=1S/C20H22FN5O/c1-15(27)26(13-16-11-23-14-24-12-16)17-4-3-8-25(9-7-17)20-6-2-5-19(21)18(20)10-22/h2,5-6,11-12,14,17H,3-4,7-9,13H2,1H3/t17-/m0/s1. The van der Waals surface area contributed by atoms with Crippen LogP contribution in [0, 0.1) is 17.1 Å². The minimum atomic E-state index is -0.495. The maximum atomic E-state index is 13.9. The fourth-order valence-corrected chi connectivity index (χ4v) is 3.62. The predicted molar refractivity (Wildman–Crippen MR) is 99.2 cm³/mol. The second-order valence-electron chi connectivity index (χ2n) is 6.71. The number of carbonyl (C=O) groups is 1. The van der Waals surface area contributed by atoms with Gasteiger partial charge < -0.3 is 9.80 Å². The molecule has 6 nitrogen and oxygen atoms in total. The summed E-state index contributed by atoms with van der Waals surface area (Å²) in [5, 5.41) is 9.30. The van der Waals surface area contributed by atoms with Crippen molar-refractivity contribution in [1.29, 1.82) is 5.26 Å². The number of anilines is 1. The zero-order valence-electron chi connectivity index (χ0n) is 15.3. The van der Waals surface area contributed by atoms with E-state index in [1.54, 1.807) is 31.5 Å². The molecule has 0 bridgehead atoms. The second kappa shape index (κ2) is 8.58. The molecule has 0 radical (unpaired) electrons. The van der Waals surface area contributed by atoms with Crippen LogP contribution in [0.15, 0.2) is 36.9 Å². The Hall–Kier alpha value is -3.01. The number of benzene rings is 1. The Morgan fingerprint density at radius 1 is 1.33 bits per heavy atom. The molecule has 2 aromatic rings. The Morgan fingerprint density at radius 2 is 2.11 bits per heavy atom. The highest BCUT2D eigenvalue weighted by Crippen LogP contribution is 2.27. The normalized spacial score (nSPS) is 17.1. The lowest BCUT2D eigenvalue weighted by Crippen LogP contribution is -2.39. The van der Waals surface area contributed by atoms with E-state index < -0.39 is 5.82 Å². The first-order valence-electron chi connectivity index (χ1n) is 9.05. The van der Waals surface area contributed by atoms with Crippen LogP contribution >= 0.6 is 0 Å². The fraction of sp³-hybridized carbons (Fsp3) is 0.400. The van der Waals surface area contributed by atoms with Gasteiger partial charge in [0.25, 0.3) is 0 Å². The summed E-state index contributed by atoms with van der Waals surface area (Å²) in [6, 6.07) is 6.78. The molecule has 0 aliphatic carbocycles. The molecule has 1 aromatic carbocycles. The van der Waals surface area contributed by atoms with Crippen LogP contribution in [0.2, 0.25) is 0 Å². The molecule has 0 unspecified atom stereocenters. The smallest absolute Gasteiger partial charge is 0.219 e. The van der Waals surface area contributed by atoms with Gasteiger partial charge in [0.2, 0.25) is 5.91 Å². The largest absolute Gasteiger partial charge is 0.370 e. The molecular weight excluding hydrogens is 345 g/mol. The molecule has 0 spiro atoms. The van der Waals surface area contributed by atoms with Crippen LogP contribution < -0.4 is 4.90 Å². The molecule has 0 N–H and O–H groups in total. The predicted octanol–water partition coefficient (Wildman–Crippen LogP) is 2.89. The molecule has 7 heteroatoms. The molecule has 1 aliphatic heterocycles. The summed E-state index contributed by atoms with van der Waals surface area (Å²) in [6.07, 6.45) is 7.39. The number of amides is 1. The first kappa shape index (κ1) is 18.8. The van der Waals surface area contributed by atoms with Crippen LogP contribution in [0.1, 0.15) is 37.3 Å². The molecule has 3 rings (SSSR count). The van der Waals surface area contributed by atoms with Gasteiger partial charge in [0, 0.05) is 50.6 Å². The van der Waals surface area contributed by atoms with Crippen LogP contribution in [0.4, 0.5) is 10.1 Å². The minimum absolute atomic E-state index is 0.0146. The van der Waals surface area contributed by atoms with Gasteiger partial charge in [0.15, 0.2) is 0 Å². The van der Waals surface area contributed by atoms with Gasteiger partial charge in [-0.3, -0.25) is 4.79 Å². The molecule has 1 fully saturated rings. The van der Waals surface area contributed by atoms with Crippen molar-refractivity contribution in [3.63, 3.8) is 0 Å². The number of hydrogen-bond donors (Lipinski definition) is 0. The molecule has 27 heavy (non-hydrogen) atoms.